The van der Waals surface area contributed by atoms with Crippen molar-refractivity contribution in [1.82, 2.24) is 0 Å². The zero-order chi connectivity index (χ0) is 7.40. The van der Waals surface area contributed by atoms with E-state index in [2.05, 4.69) is 0 Å². The summed E-state index contributed by atoms with van der Waals surface area (Å²) in [5.74, 6) is 1.64. The molecule has 0 saturated carbocycles. The first-order valence-corrected chi connectivity index (χ1v) is 3.05. The molecule has 0 unspecified atom stereocenters. The Bertz CT molecular complexity index is 194. The largest absolute Gasteiger partial charge is 0.497 e. The molecule has 0 spiro atoms. The molecule has 1 radical (unpaired) electrons. The molecule has 0 fully saturated rings. The van der Waals surface area contributed by atoms with Crippen LogP contribution in [0.1, 0.15) is 0 Å². The predicted molar refractivity (Wildman–Crippen MR) is 45.3 cm³/mol. The molecule has 0 aliphatic carbocycles. The Kier molecular flexibility index (Phi) is 5.38. The molecule has 55 valence electrons. The van der Waals surface area contributed by atoms with E-state index in [4.69, 9.17) is 9.47 Å². The second-order valence-electron chi connectivity index (χ2n) is 1.88. The number of methoxy groups -OCH3 is 2. The van der Waals surface area contributed by atoms with Gasteiger partial charge in [0.1, 0.15) is 11.5 Å². The molecule has 0 amide bonds. The Morgan fingerprint density at radius 3 is 1.82 bits per heavy atom. The van der Waals surface area contributed by atoms with Gasteiger partial charge in [0.05, 0.1) is 14.2 Å². The predicted octanol–water partition coefficient (Wildman–Crippen LogP) is 1.32. The number of ether oxygens (including phenoxy) is 2. The molecule has 1 rings (SSSR count). The van der Waals surface area contributed by atoms with Crippen LogP contribution in [0, 0.1) is 0 Å². The molecule has 0 aliphatic heterocycles. The van der Waals surface area contributed by atoms with Crippen LogP contribution in [-0.2, 0) is 0 Å². The van der Waals surface area contributed by atoms with Crippen LogP contribution < -0.4 is 9.47 Å². The summed E-state index contributed by atoms with van der Waals surface area (Å²) < 4.78 is 9.95. The quantitative estimate of drug-likeness (QED) is 0.609. The van der Waals surface area contributed by atoms with Gasteiger partial charge >= 0.3 is 0 Å². The molecule has 0 bridgehead atoms. The summed E-state index contributed by atoms with van der Waals surface area (Å²) in [5, 5.41) is 0. The normalized spacial score (nSPS) is 8.18. The summed E-state index contributed by atoms with van der Waals surface area (Å²) in [6, 6.07) is 7.47. The third-order valence-corrected chi connectivity index (χ3v) is 1.28. The zero-order valence-corrected chi connectivity index (χ0v) is 9.13. The van der Waals surface area contributed by atoms with Gasteiger partial charge in [-0.3, -0.25) is 0 Å². The van der Waals surface area contributed by atoms with Gasteiger partial charge in [0.2, 0.25) is 0 Å². The zero-order valence-electron chi connectivity index (χ0n) is 7.13. The van der Waals surface area contributed by atoms with Gasteiger partial charge in [-0.05, 0) is 12.1 Å². The maximum Gasteiger partial charge on any atom is 0.122 e. The Balaban J connectivity index is 0.000001000. The Labute approximate surface area is 88.8 Å². The molecule has 0 heterocycles. The van der Waals surface area contributed by atoms with E-state index >= 15 is 0 Å². The number of benzene rings is 1. The third-order valence-electron chi connectivity index (χ3n) is 1.28. The minimum atomic E-state index is 0. The van der Waals surface area contributed by atoms with Crippen molar-refractivity contribution in [2.45, 2.75) is 0 Å². The monoisotopic (exact) mass is 161 g/mol. The number of hydrogen-bond donors (Lipinski definition) is 0. The van der Waals surface area contributed by atoms with Gasteiger partial charge in [-0.2, -0.15) is 0 Å². The molecule has 0 atom stereocenters. The molecule has 2 nitrogen and oxygen atoms in total. The molecule has 1 aromatic carbocycles. The van der Waals surface area contributed by atoms with E-state index < -0.39 is 0 Å². The SMILES string of the molecule is COc1cccc(OC)c1.[Na]. The average Bonchev–Trinajstić information content (AvgIpc) is 2.05. The van der Waals surface area contributed by atoms with Gasteiger partial charge in [-0.1, -0.05) is 6.07 Å². The van der Waals surface area contributed by atoms with Crippen molar-refractivity contribution in [2.24, 2.45) is 0 Å². The fourth-order valence-electron chi connectivity index (χ4n) is 0.728. The van der Waals surface area contributed by atoms with Crippen molar-refractivity contribution in [2.75, 3.05) is 14.2 Å². The van der Waals surface area contributed by atoms with E-state index in [0.717, 1.165) is 11.5 Å². The van der Waals surface area contributed by atoms with Crippen molar-refractivity contribution in [3.63, 3.8) is 0 Å². The molecule has 0 saturated heterocycles. The van der Waals surface area contributed by atoms with Crippen LogP contribution >= 0.6 is 0 Å². The molecule has 0 aliphatic rings. The van der Waals surface area contributed by atoms with Crippen LogP contribution in [0.4, 0.5) is 0 Å². The van der Waals surface area contributed by atoms with Crippen LogP contribution in [0.2, 0.25) is 0 Å². The van der Waals surface area contributed by atoms with Crippen molar-refractivity contribution in [3.8, 4) is 11.5 Å². The first kappa shape index (κ1) is 10.8. The second kappa shape index (κ2) is 5.47. The second-order valence-corrected chi connectivity index (χ2v) is 1.88. The molecule has 1 aromatic rings. The first-order chi connectivity index (χ1) is 4.86. The molecular formula is C8H10NaO2. The smallest absolute Gasteiger partial charge is 0.122 e. The number of hydrogen-bond acceptors (Lipinski definition) is 2. The van der Waals surface area contributed by atoms with Gasteiger partial charge in [-0.25, -0.2) is 0 Å². The van der Waals surface area contributed by atoms with E-state index in [1.54, 1.807) is 14.2 Å². The van der Waals surface area contributed by atoms with Crippen LogP contribution in [0.15, 0.2) is 24.3 Å². The van der Waals surface area contributed by atoms with Gasteiger partial charge in [-0.15, -0.1) is 0 Å². The van der Waals surface area contributed by atoms with E-state index in [1.807, 2.05) is 24.3 Å². The van der Waals surface area contributed by atoms with Crippen LogP contribution in [-0.4, -0.2) is 43.8 Å². The fraction of sp³-hybridized carbons (Fsp3) is 0.250. The summed E-state index contributed by atoms with van der Waals surface area (Å²) in [5.41, 5.74) is 0. The van der Waals surface area contributed by atoms with Gasteiger partial charge in [0, 0.05) is 35.6 Å². The van der Waals surface area contributed by atoms with Crippen LogP contribution in [0.25, 0.3) is 0 Å². The summed E-state index contributed by atoms with van der Waals surface area (Å²) in [4.78, 5) is 0. The Morgan fingerprint density at radius 2 is 1.45 bits per heavy atom. The number of rotatable bonds is 2. The standard InChI is InChI=1S/C8H10O2.Na/c1-9-7-4-3-5-8(6-7)10-2;/h3-6H,1-2H3;. The first-order valence-electron chi connectivity index (χ1n) is 3.05. The molecule has 0 N–H and O–H groups in total. The van der Waals surface area contributed by atoms with Crippen molar-refractivity contribution < 1.29 is 9.47 Å². The summed E-state index contributed by atoms with van der Waals surface area (Å²) in [6.07, 6.45) is 0. The van der Waals surface area contributed by atoms with E-state index in [1.165, 1.54) is 0 Å². The van der Waals surface area contributed by atoms with E-state index in [0.29, 0.717) is 0 Å². The van der Waals surface area contributed by atoms with Crippen molar-refractivity contribution in [3.05, 3.63) is 24.3 Å². The summed E-state index contributed by atoms with van der Waals surface area (Å²) in [7, 11) is 3.27. The van der Waals surface area contributed by atoms with Crippen molar-refractivity contribution >= 4 is 29.6 Å². The molecule has 3 heteroatoms. The van der Waals surface area contributed by atoms with Gasteiger partial charge < -0.3 is 9.47 Å². The van der Waals surface area contributed by atoms with Crippen LogP contribution in [0.5, 0.6) is 11.5 Å². The Hall–Kier alpha value is -0.180. The van der Waals surface area contributed by atoms with Gasteiger partial charge in [0.15, 0.2) is 0 Å². The summed E-state index contributed by atoms with van der Waals surface area (Å²) in [6.45, 7) is 0. The van der Waals surface area contributed by atoms with Crippen LogP contribution in [0.3, 0.4) is 0 Å². The van der Waals surface area contributed by atoms with Gasteiger partial charge in [0.25, 0.3) is 0 Å². The topological polar surface area (TPSA) is 18.5 Å². The maximum atomic E-state index is 4.98. The van der Waals surface area contributed by atoms with E-state index in [9.17, 15) is 0 Å². The summed E-state index contributed by atoms with van der Waals surface area (Å²) >= 11 is 0. The molecular weight excluding hydrogens is 151 g/mol. The minimum absolute atomic E-state index is 0. The third kappa shape index (κ3) is 3.14. The molecule has 11 heavy (non-hydrogen) atoms. The maximum absolute atomic E-state index is 4.98. The Morgan fingerprint density at radius 1 is 1.00 bits per heavy atom. The molecule has 0 aromatic heterocycles. The minimum Gasteiger partial charge on any atom is -0.497 e. The van der Waals surface area contributed by atoms with Crippen molar-refractivity contribution in [1.29, 1.82) is 0 Å². The fourth-order valence-corrected chi connectivity index (χ4v) is 0.728. The average molecular weight is 161 g/mol. The van der Waals surface area contributed by atoms with E-state index in [-0.39, 0.29) is 29.6 Å².